The predicted octanol–water partition coefficient (Wildman–Crippen LogP) is 18.1. The highest BCUT2D eigenvalue weighted by Gasteiger charge is 2.45. The quantitative estimate of drug-likeness (QED) is 0.154. The molecule has 3 aliphatic rings. The molecule has 0 saturated heterocycles. The van der Waals surface area contributed by atoms with Crippen molar-refractivity contribution in [3.05, 3.63) is 247 Å². The lowest BCUT2D eigenvalue weighted by atomic mass is 9.76. The smallest absolute Gasteiger partial charge is 0.0540 e. The van der Waals surface area contributed by atoms with E-state index in [2.05, 4.69) is 243 Å². The van der Waals surface area contributed by atoms with Crippen molar-refractivity contribution in [2.24, 2.45) is 0 Å². The molecule has 1 heteroatoms. The van der Waals surface area contributed by atoms with Gasteiger partial charge in [-0.2, -0.15) is 0 Å². The van der Waals surface area contributed by atoms with Crippen LogP contribution in [0.4, 0.5) is 17.1 Å². The van der Waals surface area contributed by atoms with Crippen molar-refractivity contribution in [2.45, 2.75) is 50.4 Å². The zero-order valence-electron chi connectivity index (χ0n) is 38.1. The van der Waals surface area contributed by atoms with Gasteiger partial charge in [-0.3, -0.25) is 0 Å². The molecule has 13 rings (SSSR count). The molecule has 0 N–H and O–H groups in total. The Morgan fingerprint density at radius 1 is 0.343 bits per heavy atom. The van der Waals surface area contributed by atoms with Crippen molar-refractivity contribution in [3.63, 3.8) is 0 Å². The number of hydrogen-bond acceptors (Lipinski definition) is 1. The first kappa shape index (κ1) is 39.6. The summed E-state index contributed by atoms with van der Waals surface area (Å²) in [5, 5.41) is 2.50. The van der Waals surface area contributed by atoms with Crippen molar-refractivity contribution >= 4 is 27.8 Å². The molecular formula is C66H51N. The molecule has 0 atom stereocenters. The lowest BCUT2D eigenvalue weighted by Gasteiger charge is -2.31. The summed E-state index contributed by atoms with van der Waals surface area (Å²) in [6.45, 7) is 4.77. The highest BCUT2D eigenvalue weighted by molar-refractivity contribution is 6.09. The van der Waals surface area contributed by atoms with Gasteiger partial charge in [0.2, 0.25) is 0 Å². The summed E-state index contributed by atoms with van der Waals surface area (Å²) in [7, 11) is 0. The summed E-state index contributed by atoms with van der Waals surface area (Å²) >= 11 is 0. The van der Waals surface area contributed by atoms with E-state index in [1.807, 2.05) is 0 Å². The maximum Gasteiger partial charge on any atom is 0.0540 e. The first-order chi connectivity index (χ1) is 33.0. The van der Waals surface area contributed by atoms with Gasteiger partial charge in [0.25, 0.3) is 0 Å². The van der Waals surface area contributed by atoms with Crippen molar-refractivity contribution in [3.8, 4) is 66.8 Å². The van der Waals surface area contributed by atoms with Gasteiger partial charge in [0.1, 0.15) is 0 Å². The molecule has 1 fully saturated rings. The van der Waals surface area contributed by atoms with Crippen LogP contribution in [0, 0.1) is 0 Å². The molecule has 67 heavy (non-hydrogen) atoms. The molecule has 0 bridgehead atoms. The molecule has 1 nitrogen and oxygen atoms in total. The normalized spacial score (nSPS) is 14.7. The van der Waals surface area contributed by atoms with Crippen LogP contribution in [0.15, 0.2) is 224 Å². The summed E-state index contributed by atoms with van der Waals surface area (Å²) in [6, 6.07) is 84.2. The maximum atomic E-state index is 2.55. The van der Waals surface area contributed by atoms with E-state index in [1.54, 1.807) is 0 Å². The van der Waals surface area contributed by atoms with Crippen LogP contribution in [0.1, 0.15) is 61.8 Å². The van der Waals surface area contributed by atoms with Crippen LogP contribution < -0.4 is 4.90 Å². The number of fused-ring (bicyclic) bond motifs is 9. The van der Waals surface area contributed by atoms with Crippen LogP contribution in [-0.2, 0) is 10.8 Å². The molecular weight excluding hydrogens is 807 g/mol. The van der Waals surface area contributed by atoms with Gasteiger partial charge in [-0.1, -0.05) is 221 Å². The van der Waals surface area contributed by atoms with Gasteiger partial charge in [0.05, 0.1) is 5.69 Å². The summed E-state index contributed by atoms with van der Waals surface area (Å²) < 4.78 is 0. The molecule has 320 valence electrons. The summed E-state index contributed by atoms with van der Waals surface area (Å²) in [5.74, 6) is 0. The molecule has 0 radical (unpaired) electrons. The van der Waals surface area contributed by atoms with E-state index in [0.29, 0.717) is 0 Å². The average Bonchev–Trinajstić information content (AvgIpc) is 4.06. The highest BCUT2D eigenvalue weighted by atomic mass is 15.1. The van der Waals surface area contributed by atoms with E-state index in [4.69, 9.17) is 0 Å². The summed E-state index contributed by atoms with van der Waals surface area (Å²) in [6.07, 6.45) is 4.90. The Kier molecular flexibility index (Phi) is 9.12. The van der Waals surface area contributed by atoms with Gasteiger partial charge in [-0.25, -0.2) is 0 Å². The van der Waals surface area contributed by atoms with E-state index >= 15 is 0 Å². The molecule has 0 amide bonds. The second-order valence-electron chi connectivity index (χ2n) is 19.5. The molecule has 10 aromatic rings. The zero-order chi connectivity index (χ0) is 44.7. The number of anilines is 3. The Bertz CT molecular complexity index is 3540. The maximum absolute atomic E-state index is 2.55. The fourth-order valence-corrected chi connectivity index (χ4v) is 12.7. The third kappa shape index (κ3) is 6.07. The third-order valence-electron chi connectivity index (χ3n) is 15.6. The Morgan fingerprint density at radius 3 is 1.60 bits per heavy atom. The van der Waals surface area contributed by atoms with Gasteiger partial charge in [0.15, 0.2) is 0 Å². The van der Waals surface area contributed by atoms with Crippen LogP contribution in [0.3, 0.4) is 0 Å². The van der Waals surface area contributed by atoms with Gasteiger partial charge in [-0.15, -0.1) is 0 Å². The Hall–Kier alpha value is -7.74. The number of hydrogen-bond donors (Lipinski definition) is 0. The topological polar surface area (TPSA) is 3.24 Å². The fraction of sp³-hybridized carbons (Fsp3) is 0.121. The number of benzene rings is 10. The SMILES string of the molecule is CC1(C)c2ccccc2-c2cccc(-c3ccccc3-c3ccc(N(c4ccc5c(c4)C4(CCCC4)c4ccccc4-5)c4ccccc4-c4cccc5cccc(-c6ccccc6)c45)cc3)c21. The average molecular weight is 858 g/mol. The first-order valence-electron chi connectivity index (χ1n) is 24.1. The van der Waals surface area contributed by atoms with Crippen molar-refractivity contribution < 1.29 is 0 Å². The lowest BCUT2D eigenvalue weighted by Crippen LogP contribution is -2.21. The van der Waals surface area contributed by atoms with Crippen molar-refractivity contribution in [1.29, 1.82) is 0 Å². The second kappa shape index (κ2) is 15.4. The largest absolute Gasteiger partial charge is 0.310 e. The molecule has 10 aromatic carbocycles. The monoisotopic (exact) mass is 857 g/mol. The minimum Gasteiger partial charge on any atom is -0.310 e. The van der Waals surface area contributed by atoms with Crippen molar-refractivity contribution in [1.82, 2.24) is 0 Å². The van der Waals surface area contributed by atoms with Gasteiger partial charge in [-0.05, 0) is 137 Å². The standard InChI is InChI=1S/C66H51N/c1-65(2)59-32-11-8-26-53(59)58-31-18-30-57(64(58)65)51-24-7-6-23-49(51)45-35-37-47(38-36-45)67(48-39-40-54-52-25-9-12-33-60(52)66(61(54)43-48)41-14-15-42-66)62-34-13-10-27-55(62)56-29-17-22-46-21-16-28-50(63(46)56)44-19-4-3-5-20-44/h3-13,16-40,43H,14-15,41-42H2,1-2H3. The van der Waals surface area contributed by atoms with Crippen LogP contribution in [-0.4, -0.2) is 0 Å². The molecule has 1 spiro atoms. The molecule has 1 saturated carbocycles. The summed E-state index contributed by atoms with van der Waals surface area (Å²) in [4.78, 5) is 2.53. The van der Waals surface area contributed by atoms with E-state index in [1.165, 1.54) is 131 Å². The van der Waals surface area contributed by atoms with Gasteiger partial charge >= 0.3 is 0 Å². The number of nitrogens with zero attached hydrogens (tertiary/aromatic N) is 1. The fourth-order valence-electron chi connectivity index (χ4n) is 12.7. The van der Waals surface area contributed by atoms with E-state index < -0.39 is 0 Å². The minimum absolute atomic E-state index is 0.0501. The van der Waals surface area contributed by atoms with Crippen molar-refractivity contribution in [2.75, 3.05) is 4.90 Å². The molecule has 0 heterocycles. The van der Waals surface area contributed by atoms with Crippen LogP contribution in [0.25, 0.3) is 77.5 Å². The Morgan fingerprint density at radius 2 is 0.851 bits per heavy atom. The summed E-state index contributed by atoms with van der Waals surface area (Å²) in [5.41, 5.74) is 24.6. The van der Waals surface area contributed by atoms with E-state index in [0.717, 1.165) is 11.4 Å². The predicted molar refractivity (Wildman–Crippen MR) is 283 cm³/mol. The number of rotatable bonds is 7. The Balaban J connectivity index is 0.991. The number of para-hydroxylation sites is 1. The minimum atomic E-state index is -0.117. The van der Waals surface area contributed by atoms with Crippen LogP contribution >= 0.6 is 0 Å². The molecule has 3 aliphatic carbocycles. The third-order valence-corrected chi connectivity index (χ3v) is 15.6. The van der Waals surface area contributed by atoms with E-state index in [9.17, 15) is 0 Å². The molecule has 0 aromatic heterocycles. The molecule has 0 unspecified atom stereocenters. The van der Waals surface area contributed by atoms with Crippen LogP contribution in [0.2, 0.25) is 0 Å². The lowest BCUT2D eigenvalue weighted by molar-refractivity contribution is 0.550. The van der Waals surface area contributed by atoms with E-state index in [-0.39, 0.29) is 10.8 Å². The zero-order valence-corrected chi connectivity index (χ0v) is 38.1. The van der Waals surface area contributed by atoms with Gasteiger partial charge in [0, 0.05) is 27.8 Å². The van der Waals surface area contributed by atoms with Gasteiger partial charge < -0.3 is 4.90 Å². The Labute approximate surface area is 394 Å². The first-order valence-corrected chi connectivity index (χ1v) is 24.1. The highest BCUT2D eigenvalue weighted by Crippen LogP contribution is 2.58. The van der Waals surface area contributed by atoms with Crippen LogP contribution in [0.5, 0.6) is 0 Å². The second-order valence-corrected chi connectivity index (χ2v) is 19.5. The molecule has 0 aliphatic heterocycles.